The fourth-order valence-corrected chi connectivity index (χ4v) is 1.75. The van der Waals surface area contributed by atoms with E-state index in [1.165, 1.54) is 5.56 Å². The van der Waals surface area contributed by atoms with Crippen LogP contribution in [0.25, 0.3) is 0 Å². The van der Waals surface area contributed by atoms with Crippen molar-refractivity contribution in [3.05, 3.63) is 35.4 Å². The number of Topliss-reactive ketones (excluding diaryl/α,β-unsaturated/α-hetero) is 1. The summed E-state index contributed by atoms with van der Waals surface area (Å²) >= 11 is 0. The highest BCUT2D eigenvalue weighted by Crippen LogP contribution is 2.20. The largest absolute Gasteiger partial charge is 0.303 e. The molecule has 1 atom stereocenters. The Morgan fingerprint density at radius 3 is 2.92 bits per heavy atom. The lowest BCUT2D eigenvalue weighted by Gasteiger charge is -2.09. The Morgan fingerprint density at radius 2 is 2.31 bits per heavy atom. The molecule has 13 heavy (non-hydrogen) atoms. The maximum atomic E-state index is 11.4. The predicted molar refractivity (Wildman–Crippen MR) is 51.5 cm³/mol. The second kappa shape index (κ2) is 3.30. The zero-order valence-electron chi connectivity index (χ0n) is 7.71. The minimum atomic E-state index is -0.0556. The maximum Gasteiger partial charge on any atom is 0.155 e. The van der Waals surface area contributed by atoms with Gasteiger partial charge in [-0.2, -0.15) is 0 Å². The van der Waals surface area contributed by atoms with E-state index in [2.05, 4.69) is 11.4 Å². The van der Waals surface area contributed by atoms with E-state index in [0.717, 1.165) is 12.1 Å². The molecular weight excluding hydrogens is 162 g/mol. The van der Waals surface area contributed by atoms with Crippen molar-refractivity contribution in [1.29, 1.82) is 0 Å². The van der Waals surface area contributed by atoms with Gasteiger partial charge in [-0.1, -0.05) is 29.8 Å². The van der Waals surface area contributed by atoms with Gasteiger partial charge in [0.15, 0.2) is 5.78 Å². The SMILES string of the molecule is Cc1cccc(C2NCCC2=O)c1. The first kappa shape index (κ1) is 8.45. The van der Waals surface area contributed by atoms with E-state index in [1.807, 2.05) is 25.1 Å². The number of benzene rings is 1. The first-order chi connectivity index (χ1) is 6.27. The number of hydrogen-bond acceptors (Lipinski definition) is 2. The quantitative estimate of drug-likeness (QED) is 0.702. The van der Waals surface area contributed by atoms with Crippen LogP contribution in [0, 0.1) is 6.92 Å². The lowest BCUT2D eigenvalue weighted by molar-refractivity contribution is -0.118. The van der Waals surface area contributed by atoms with Gasteiger partial charge in [-0.25, -0.2) is 0 Å². The van der Waals surface area contributed by atoms with Crippen molar-refractivity contribution < 1.29 is 4.79 Å². The van der Waals surface area contributed by atoms with Crippen LogP contribution in [-0.4, -0.2) is 12.3 Å². The van der Waals surface area contributed by atoms with Crippen molar-refractivity contribution in [1.82, 2.24) is 5.32 Å². The standard InChI is InChI=1S/C11H13NO/c1-8-3-2-4-9(7-8)11-10(13)5-6-12-11/h2-4,7,11-12H,5-6H2,1H3. The molecule has 2 nitrogen and oxygen atoms in total. The molecular formula is C11H13NO. The molecule has 1 saturated heterocycles. The van der Waals surface area contributed by atoms with Crippen molar-refractivity contribution in [3.63, 3.8) is 0 Å². The third-order valence-corrected chi connectivity index (χ3v) is 2.42. The zero-order chi connectivity index (χ0) is 9.26. The molecule has 2 heteroatoms. The molecule has 1 heterocycles. The van der Waals surface area contributed by atoms with Crippen LogP contribution in [0.3, 0.4) is 0 Å². The van der Waals surface area contributed by atoms with Gasteiger partial charge in [-0.05, 0) is 12.5 Å². The molecule has 2 rings (SSSR count). The molecule has 68 valence electrons. The van der Waals surface area contributed by atoms with E-state index in [4.69, 9.17) is 0 Å². The fourth-order valence-electron chi connectivity index (χ4n) is 1.75. The second-order valence-electron chi connectivity index (χ2n) is 3.52. The van der Waals surface area contributed by atoms with Crippen LogP contribution < -0.4 is 5.32 Å². The van der Waals surface area contributed by atoms with Crippen molar-refractivity contribution in [2.45, 2.75) is 19.4 Å². The van der Waals surface area contributed by atoms with Crippen LogP contribution in [0.2, 0.25) is 0 Å². The van der Waals surface area contributed by atoms with Gasteiger partial charge in [0.2, 0.25) is 0 Å². The molecule has 1 aliphatic heterocycles. The Morgan fingerprint density at radius 1 is 1.46 bits per heavy atom. The van der Waals surface area contributed by atoms with E-state index < -0.39 is 0 Å². The predicted octanol–water partition coefficient (Wildman–Crippen LogP) is 1.60. The summed E-state index contributed by atoms with van der Waals surface area (Å²) in [5.41, 5.74) is 2.31. The van der Waals surface area contributed by atoms with E-state index in [0.29, 0.717) is 12.2 Å². The molecule has 1 aliphatic rings. The summed E-state index contributed by atoms with van der Waals surface area (Å²) in [4.78, 5) is 11.4. The number of carbonyl (C=O) groups is 1. The third kappa shape index (κ3) is 1.63. The molecule has 1 fully saturated rings. The number of carbonyl (C=O) groups excluding carboxylic acids is 1. The smallest absolute Gasteiger partial charge is 0.155 e. The van der Waals surface area contributed by atoms with Gasteiger partial charge in [-0.15, -0.1) is 0 Å². The average Bonchev–Trinajstić information content (AvgIpc) is 2.51. The number of nitrogens with one attached hydrogen (secondary N) is 1. The normalized spacial score (nSPS) is 22.2. The van der Waals surface area contributed by atoms with Gasteiger partial charge >= 0.3 is 0 Å². The highest BCUT2D eigenvalue weighted by Gasteiger charge is 2.24. The first-order valence-electron chi connectivity index (χ1n) is 4.60. The van der Waals surface area contributed by atoms with Crippen LogP contribution >= 0.6 is 0 Å². The fraction of sp³-hybridized carbons (Fsp3) is 0.364. The Bertz CT molecular complexity index is 333. The maximum absolute atomic E-state index is 11.4. The van der Waals surface area contributed by atoms with E-state index in [-0.39, 0.29) is 6.04 Å². The van der Waals surface area contributed by atoms with Gasteiger partial charge in [0.25, 0.3) is 0 Å². The molecule has 0 bridgehead atoms. The van der Waals surface area contributed by atoms with E-state index >= 15 is 0 Å². The summed E-state index contributed by atoms with van der Waals surface area (Å²) in [5.74, 6) is 0.311. The molecule has 1 aromatic carbocycles. The molecule has 0 spiro atoms. The highest BCUT2D eigenvalue weighted by atomic mass is 16.1. The minimum absolute atomic E-state index is 0.0556. The third-order valence-electron chi connectivity index (χ3n) is 2.42. The van der Waals surface area contributed by atoms with Crippen LogP contribution in [-0.2, 0) is 4.79 Å². The van der Waals surface area contributed by atoms with Gasteiger partial charge in [-0.3, -0.25) is 4.79 Å². The van der Waals surface area contributed by atoms with Crippen molar-refractivity contribution >= 4 is 5.78 Å². The van der Waals surface area contributed by atoms with Crippen molar-refractivity contribution in [2.24, 2.45) is 0 Å². The molecule has 0 radical (unpaired) electrons. The summed E-state index contributed by atoms with van der Waals surface area (Å²) < 4.78 is 0. The Kier molecular flexibility index (Phi) is 2.15. The lowest BCUT2D eigenvalue weighted by Crippen LogP contribution is -2.17. The summed E-state index contributed by atoms with van der Waals surface area (Å²) in [5, 5.41) is 3.20. The number of ketones is 1. The topological polar surface area (TPSA) is 29.1 Å². The van der Waals surface area contributed by atoms with Gasteiger partial charge in [0, 0.05) is 13.0 Å². The molecule has 1 aromatic rings. The summed E-state index contributed by atoms with van der Waals surface area (Å²) in [6.07, 6.45) is 0.665. The van der Waals surface area contributed by atoms with Crippen LogP contribution in [0.5, 0.6) is 0 Å². The van der Waals surface area contributed by atoms with Crippen LogP contribution in [0.1, 0.15) is 23.6 Å². The van der Waals surface area contributed by atoms with Crippen LogP contribution in [0.15, 0.2) is 24.3 Å². The summed E-state index contributed by atoms with van der Waals surface area (Å²) in [6.45, 7) is 2.86. The summed E-state index contributed by atoms with van der Waals surface area (Å²) in [6, 6.07) is 8.07. The molecule has 0 amide bonds. The van der Waals surface area contributed by atoms with Crippen molar-refractivity contribution in [3.8, 4) is 0 Å². The molecule has 1 N–H and O–H groups in total. The summed E-state index contributed by atoms with van der Waals surface area (Å²) in [7, 11) is 0. The lowest BCUT2D eigenvalue weighted by atomic mass is 10.0. The van der Waals surface area contributed by atoms with Crippen LogP contribution in [0.4, 0.5) is 0 Å². The number of hydrogen-bond donors (Lipinski definition) is 1. The highest BCUT2D eigenvalue weighted by molar-refractivity contribution is 5.87. The number of rotatable bonds is 1. The first-order valence-corrected chi connectivity index (χ1v) is 4.60. The monoisotopic (exact) mass is 175 g/mol. The Balaban J connectivity index is 2.29. The molecule has 0 aliphatic carbocycles. The van der Waals surface area contributed by atoms with Gasteiger partial charge < -0.3 is 5.32 Å². The Hall–Kier alpha value is -1.15. The average molecular weight is 175 g/mol. The second-order valence-corrected chi connectivity index (χ2v) is 3.52. The van der Waals surface area contributed by atoms with Gasteiger partial charge in [0.1, 0.15) is 0 Å². The van der Waals surface area contributed by atoms with E-state index in [1.54, 1.807) is 0 Å². The van der Waals surface area contributed by atoms with E-state index in [9.17, 15) is 4.79 Å². The Labute approximate surface area is 78.0 Å². The molecule has 0 aromatic heterocycles. The molecule has 0 saturated carbocycles. The molecule has 1 unspecified atom stereocenters. The van der Waals surface area contributed by atoms with Gasteiger partial charge in [0.05, 0.1) is 6.04 Å². The minimum Gasteiger partial charge on any atom is -0.303 e. The number of aryl methyl sites for hydroxylation is 1. The van der Waals surface area contributed by atoms with Crippen molar-refractivity contribution in [2.75, 3.05) is 6.54 Å². The zero-order valence-corrected chi connectivity index (χ0v) is 7.71.